The lowest BCUT2D eigenvalue weighted by molar-refractivity contribution is -0.125. The van der Waals surface area contributed by atoms with Crippen molar-refractivity contribution in [1.82, 2.24) is 10.9 Å². The van der Waals surface area contributed by atoms with E-state index >= 15 is 0 Å². The second-order valence-electron chi connectivity index (χ2n) is 3.90. The van der Waals surface area contributed by atoms with Gasteiger partial charge in [-0.05, 0) is 24.3 Å². The average Bonchev–Trinajstić information content (AvgIpc) is 2.95. The van der Waals surface area contributed by atoms with Crippen molar-refractivity contribution >= 4 is 23.2 Å². The third-order valence-corrected chi connectivity index (χ3v) is 3.64. The van der Waals surface area contributed by atoms with Crippen LogP contribution >= 0.6 is 11.3 Å². The van der Waals surface area contributed by atoms with Crippen LogP contribution in [0.25, 0.3) is 0 Å². The summed E-state index contributed by atoms with van der Waals surface area (Å²) in [5.74, 6) is -0.243. The Morgan fingerprint density at radius 2 is 2.00 bits per heavy atom. The van der Waals surface area contributed by atoms with Crippen LogP contribution in [0.4, 0.5) is 0 Å². The van der Waals surface area contributed by atoms with Crippen LogP contribution in [0.5, 0.6) is 0 Å². The maximum absolute atomic E-state index is 11.6. The molecule has 0 radical (unpaired) electrons. The van der Waals surface area contributed by atoms with E-state index in [9.17, 15) is 9.59 Å². The second-order valence-corrected chi connectivity index (χ2v) is 4.85. The highest BCUT2D eigenvalue weighted by Gasteiger charge is 2.22. The van der Waals surface area contributed by atoms with E-state index in [-0.39, 0.29) is 17.7 Å². The minimum Gasteiger partial charge on any atom is -0.273 e. The predicted octanol–water partition coefficient (Wildman–Crippen LogP) is 1.70. The molecule has 86 valence electrons. The van der Waals surface area contributed by atoms with E-state index in [2.05, 4.69) is 10.9 Å². The summed E-state index contributed by atoms with van der Waals surface area (Å²) in [7, 11) is 0. The molecule has 1 heterocycles. The standard InChI is InChI=1S/C11H14N2O2S/c14-10(8-4-1-2-5-8)12-13-11(15)9-6-3-7-16-9/h3,6-8H,1-2,4-5H2,(H,12,14)(H,13,15). The molecule has 2 rings (SSSR count). The fraction of sp³-hybridized carbons (Fsp3) is 0.455. The van der Waals surface area contributed by atoms with E-state index in [1.165, 1.54) is 11.3 Å². The third-order valence-electron chi connectivity index (χ3n) is 2.77. The molecule has 1 aliphatic rings. The highest BCUT2D eigenvalue weighted by molar-refractivity contribution is 7.12. The molecule has 0 aliphatic heterocycles. The highest BCUT2D eigenvalue weighted by Crippen LogP contribution is 2.24. The summed E-state index contributed by atoms with van der Waals surface area (Å²) < 4.78 is 0. The Morgan fingerprint density at radius 1 is 1.25 bits per heavy atom. The van der Waals surface area contributed by atoms with Crippen LogP contribution in [0, 0.1) is 5.92 Å². The van der Waals surface area contributed by atoms with E-state index in [0.29, 0.717) is 4.88 Å². The van der Waals surface area contributed by atoms with Gasteiger partial charge < -0.3 is 0 Å². The first-order valence-corrected chi connectivity index (χ1v) is 6.29. The number of hydrazine groups is 1. The summed E-state index contributed by atoms with van der Waals surface area (Å²) >= 11 is 1.35. The molecule has 0 aromatic carbocycles. The Morgan fingerprint density at radius 3 is 2.62 bits per heavy atom. The third kappa shape index (κ3) is 2.61. The van der Waals surface area contributed by atoms with Crippen molar-refractivity contribution in [3.63, 3.8) is 0 Å². The normalized spacial score (nSPS) is 16.0. The summed E-state index contributed by atoms with van der Waals surface area (Å²) in [5, 5.41) is 1.83. The average molecular weight is 238 g/mol. The zero-order valence-electron chi connectivity index (χ0n) is 8.86. The Labute approximate surface area is 98.0 Å². The van der Waals surface area contributed by atoms with Crippen molar-refractivity contribution in [2.75, 3.05) is 0 Å². The molecule has 0 atom stereocenters. The first-order valence-electron chi connectivity index (χ1n) is 5.41. The molecule has 1 aromatic heterocycles. The first kappa shape index (κ1) is 11.1. The summed E-state index contributed by atoms with van der Waals surface area (Å²) in [4.78, 5) is 23.7. The van der Waals surface area contributed by atoms with E-state index in [0.717, 1.165) is 25.7 Å². The quantitative estimate of drug-likeness (QED) is 0.770. The van der Waals surface area contributed by atoms with Gasteiger partial charge in [-0.1, -0.05) is 18.9 Å². The van der Waals surface area contributed by atoms with Crippen molar-refractivity contribution in [2.45, 2.75) is 25.7 Å². The van der Waals surface area contributed by atoms with Crippen molar-refractivity contribution in [3.05, 3.63) is 22.4 Å². The number of carbonyl (C=O) groups is 2. The topological polar surface area (TPSA) is 58.2 Å². The van der Waals surface area contributed by atoms with Crippen LogP contribution in [-0.4, -0.2) is 11.8 Å². The molecule has 0 saturated heterocycles. The number of hydrogen-bond donors (Lipinski definition) is 2. The molecule has 0 unspecified atom stereocenters. The molecule has 1 aromatic rings. The van der Waals surface area contributed by atoms with Gasteiger partial charge in [-0.25, -0.2) is 0 Å². The molecule has 4 nitrogen and oxygen atoms in total. The second kappa shape index (κ2) is 5.12. The van der Waals surface area contributed by atoms with Gasteiger partial charge in [0.25, 0.3) is 5.91 Å². The largest absolute Gasteiger partial charge is 0.279 e. The van der Waals surface area contributed by atoms with Gasteiger partial charge in [0.2, 0.25) is 5.91 Å². The van der Waals surface area contributed by atoms with Gasteiger partial charge in [0.15, 0.2) is 0 Å². The molecule has 0 bridgehead atoms. The van der Waals surface area contributed by atoms with E-state index in [1.54, 1.807) is 12.1 Å². The van der Waals surface area contributed by atoms with Crippen molar-refractivity contribution in [2.24, 2.45) is 5.92 Å². The monoisotopic (exact) mass is 238 g/mol. The first-order chi connectivity index (χ1) is 7.77. The molecular formula is C11H14N2O2S. The fourth-order valence-corrected chi connectivity index (χ4v) is 2.50. The molecule has 2 amide bonds. The minimum absolute atomic E-state index is 0.0672. The van der Waals surface area contributed by atoms with Crippen LogP contribution in [0.1, 0.15) is 35.4 Å². The summed E-state index contributed by atoms with van der Waals surface area (Å²) in [6.07, 6.45) is 4.08. The van der Waals surface area contributed by atoms with E-state index < -0.39 is 0 Å². The molecule has 5 heteroatoms. The van der Waals surface area contributed by atoms with Crippen LogP contribution in [0.15, 0.2) is 17.5 Å². The van der Waals surface area contributed by atoms with Gasteiger partial charge in [0.05, 0.1) is 4.88 Å². The lowest BCUT2D eigenvalue weighted by atomic mass is 10.1. The molecular weight excluding hydrogens is 224 g/mol. The number of thiophene rings is 1. The molecule has 2 N–H and O–H groups in total. The summed E-state index contributed by atoms with van der Waals surface area (Å²) in [6.45, 7) is 0. The molecule has 16 heavy (non-hydrogen) atoms. The fourth-order valence-electron chi connectivity index (χ4n) is 1.88. The van der Waals surface area contributed by atoms with Gasteiger partial charge >= 0.3 is 0 Å². The zero-order chi connectivity index (χ0) is 11.4. The van der Waals surface area contributed by atoms with Crippen LogP contribution < -0.4 is 10.9 Å². The van der Waals surface area contributed by atoms with Crippen LogP contribution in [-0.2, 0) is 4.79 Å². The van der Waals surface area contributed by atoms with Gasteiger partial charge in [-0.2, -0.15) is 0 Å². The SMILES string of the molecule is O=C(NNC(=O)C1CCCC1)c1cccs1. The lowest BCUT2D eigenvalue weighted by Crippen LogP contribution is -2.43. The van der Waals surface area contributed by atoms with Gasteiger partial charge in [-0.3, -0.25) is 20.4 Å². The predicted molar refractivity (Wildman–Crippen MR) is 61.9 cm³/mol. The van der Waals surface area contributed by atoms with Crippen molar-refractivity contribution < 1.29 is 9.59 Å². The minimum atomic E-state index is -0.249. The number of hydrogen-bond acceptors (Lipinski definition) is 3. The van der Waals surface area contributed by atoms with Gasteiger partial charge in [0.1, 0.15) is 0 Å². The molecule has 1 fully saturated rings. The number of rotatable bonds is 2. The maximum atomic E-state index is 11.6. The summed E-state index contributed by atoms with van der Waals surface area (Å²) in [6, 6.07) is 3.53. The van der Waals surface area contributed by atoms with Gasteiger partial charge in [0, 0.05) is 5.92 Å². The van der Waals surface area contributed by atoms with Gasteiger partial charge in [-0.15, -0.1) is 11.3 Å². The van der Waals surface area contributed by atoms with Crippen molar-refractivity contribution in [3.8, 4) is 0 Å². The van der Waals surface area contributed by atoms with E-state index in [4.69, 9.17) is 0 Å². The summed E-state index contributed by atoms with van der Waals surface area (Å²) in [5.41, 5.74) is 4.91. The highest BCUT2D eigenvalue weighted by atomic mass is 32.1. The Bertz CT molecular complexity index is 369. The van der Waals surface area contributed by atoms with Crippen molar-refractivity contribution in [1.29, 1.82) is 0 Å². The maximum Gasteiger partial charge on any atom is 0.279 e. The molecule has 1 aliphatic carbocycles. The van der Waals surface area contributed by atoms with E-state index in [1.807, 2.05) is 5.38 Å². The smallest absolute Gasteiger partial charge is 0.273 e. The molecule has 1 saturated carbocycles. The van der Waals surface area contributed by atoms with Crippen LogP contribution in [0.2, 0.25) is 0 Å². The Kier molecular flexibility index (Phi) is 3.56. The number of carbonyl (C=O) groups excluding carboxylic acids is 2. The zero-order valence-corrected chi connectivity index (χ0v) is 9.68. The number of nitrogens with one attached hydrogen (secondary N) is 2. The molecule has 0 spiro atoms. The lowest BCUT2D eigenvalue weighted by Gasteiger charge is -2.10. The number of amides is 2. The Hall–Kier alpha value is -1.36. The van der Waals surface area contributed by atoms with Crippen LogP contribution in [0.3, 0.4) is 0 Å². The Balaban J connectivity index is 1.79.